The van der Waals surface area contributed by atoms with E-state index in [9.17, 15) is 0 Å². The summed E-state index contributed by atoms with van der Waals surface area (Å²) >= 11 is 0. The molecule has 2 N–H and O–H groups in total. The summed E-state index contributed by atoms with van der Waals surface area (Å²) in [6.07, 6.45) is 2.47. The van der Waals surface area contributed by atoms with E-state index >= 15 is 0 Å². The van der Waals surface area contributed by atoms with Crippen molar-refractivity contribution >= 4 is 10.9 Å². The minimum atomic E-state index is 0.536. The predicted octanol–water partition coefficient (Wildman–Crippen LogP) is 3.43. The quantitative estimate of drug-likeness (QED) is 0.746. The zero-order valence-electron chi connectivity index (χ0n) is 14.7. The van der Waals surface area contributed by atoms with E-state index in [2.05, 4.69) is 11.1 Å². The molecule has 2 aromatic carbocycles. The SMILES string of the molecule is COc1cc(-c2ccc(OC)c3ncccc23)cc(CCN)c1OC. The fourth-order valence-corrected chi connectivity index (χ4v) is 3.10. The van der Waals surface area contributed by atoms with Crippen molar-refractivity contribution in [1.29, 1.82) is 0 Å². The van der Waals surface area contributed by atoms with Gasteiger partial charge in [0.15, 0.2) is 11.5 Å². The number of rotatable bonds is 6. The molecule has 5 nitrogen and oxygen atoms in total. The van der Waals surface area contributed by atoms with Crippen molar-refractivity contribution in [3.05, 3.63) is 48.2 Å². The van der Waals surface area contributed by atoms with Gasteiger partial charge in [-0.1, -0.05) is 6.07 Å². The fourth-order valence-electron chi connectivity index (χ4n) is 3.10. The van der Waals surface area contributed by atoms with Crippen LogP contribution in [0.1, 0.15) is 5.56 Å². The lowest BCUT2D eigenvalue weighted by molar-refractivity contribution is 0.352. The molecule has 0 amide bonds. The maximum absolute atomic E-state index is 5.77. The number of pyridine rings is 1. The average molecular weight is 338 g/mol. The van der Waals surface area contributed by atoms with Crippen molar-refractivity contribution in [2.24, 2.45) is 5.73 Å². The number of fused-ring (bicyclic) bond motifs is 1. The van der Waals surface area contributed by atoms with Crippen LogP contribution in [0.3, 0.4) is 0 Å². The van der Waals surface area contributed by atoms with E-state index in [0.717, 1.165) is 39.1 Å². The third-order valence-electron chi connectivity index (χ3n) is 4.23. The molecule has 130 valence electrons. The molecule has 0 aliphatic heterocycles. The Morgan fingerprint density at radius 3 is 2.44 bits per heavy atom. The van der Waals surface area contributed by atoms with Crippen molar-refractivity contribution in [2.45, 2.75) is 6.42 Å². The summed E-state index contributed by atoms with van der Waals surface area (Å²) < 4.78 is 16.5. The van der Waals surface area contributed by atoms with Crippen LogP contribution in [0.4, 0.5) is 0 Å². The van der Waals surface area contributed by atoms with Crippen molar-refractivity contribution in [1.82, 2.24) is 4.98 Å². The van der Waals surface area contributed by atoms with Gasteiger partial charge in [0, 0.05) is 11.6 Å². The molecule has 0 aliphatic rings. The first-order chi connectivity index (χ1) is 12.2. The lowest BCUT2D eigenvalue weighted by Crippen LogP contribution is -2.05. The molecule has 25 heavy (non-hydrogen) atoms. The molecule has 0 fully saturated rings. The van der Waals surface area contributed by atoms with E-state index in [1.54, 1.807) is 27.5 Å². The molecule has 1 aromatic heterocycles. The van der Waals surface area contributed by atoms with Crippen LogP contribution in [0.2, 0.25) is 0 Å². The molecule has 0 atom stereocenters. The number of hydrogen-bond acceptors (Lipinski definition) is 5. The molecule has 3 rings (SSSR count). The molecule has 0 saturated carbocycles. The van der Waals surface area contributed by atoms with Crippen LogP contribution in [0, 0.1) is 0 Å². The van der Waals surface area contributed by atoms with Crippen LogP contribution in [0.5, 0.6) is 17.2 Å². The van der Waals surface area contributed by atoms with Gasteiger partial charge in [-0.05, 0) is 60.0 Å². The summed E-state index contributed by atoms with van der Waals surface area (Å²) in [7, 11) is 4.94. The lowest BCUT2D eigenvalue weighted by atomic mass is 9.96. The second-order valence-corrected chi connectivity index (χ2v) is 5.62. The molecule has 1 heterocycles. The van der Waals surface area contributed by atoms with Gasteiger partial charge in [0.2, 0.25) is 0 Å². The molecule has 0 spiro atoms. The molecule has 0 radical (unpaired) electrons. The number of aromatic nitrogens is 1. The summed E-state index contributed by atoms with van der Waals surface area (Å²) in [5.74, 6) is 2.17. The van der Waals surface area contributed by atoms with Gasteiger partial charge in [-0.3, -0.25) is 4.98 Å². The van der Waals surface area contributed by atoms with E-state index in [1.807, 2.05) is 30.3 Å². The lowest BCUT2D eigenvalue weighted by Gasteiger charge is -2.16. The Bertz CT molecular complexity index is 893. The maximum atomic E-state index is 5.77. The first-order valence-corrected chi connectivity index (χ1v) is 8.10. The highest BCUT2D eigenvalue weighted by Crippen LogP contribution is 2.39. The minimum Gasteiger partial charge on any atom is -0.494 e. The monoisotopic (exact) mass is 338 g/mol. The highest BCUT2D eigenvalue weighted by Gasteiger charge is 2.15. The zero-order valence-corrected chi connectivity index (χ0v) is 14.7. The topological polar surface area (TPSA) is 66.6 Å². The number of nitrogens with zero attached hydrogens (tertiary/aromatic N) is 1. The van der Waals surface area contributed by atoms with Gasteiger partial charge in [-0.25, -0.2) is 0 Å². The second kappa shape index (κ2) is 7.40. The van der Waals surface area contributed by atoms with E-state index in [4.69, 9.17) is 19.9 Å². The Morgan fingerprint density at radius 1 is 0.960 bits per heavy atom. The zero-order chi connectivity index (χ0) is 17.8. The number of nitrogens with two attached hydrogens (primary N) is 1. The summed E-state index contributed by atoms with van der Waals surface area (Å²) in [6.45, 7) is 0.536. The Kier molecular flexibility index (Phi) is 5.05. The maximum Gasteiger partial charge on any atom is 0.163 e. The number of ether oxygens (including phenoxy) is 3. The van der Waals surface area contributed by atoms with Crippen LogP contribution in [0.25, 0.3) is 22.0 Å². The van der Waals surface area contributed by atoms with E-state index in [0.29, 0.717) is 18.7 Å². The van der Waals surface area contributed by atoms with Gasteiger partial charge in [-0.15, -0.1) is 0 Å². The molecular weight excluding hydrogens is 316 g/mol. The van der Waals surface area contributed by atoms with Crippen molar-refractivity contribution < 1.29 is 14.2 Å². The first-order valence-electron chi connectivity index (χ1n) is 8.10. The van der Waals surface area contributed by atoms with Crippen LogP contribution < -0.4 is 19.9 Å². The third kappa shape index (κ3) is 3.10. The van der Waals surface area contributed by atoms with Crippen molar-refractivity contribution in [2.75, 3.05) is 27.9 Å². The van der Waals surface area contributed by atoms with Crippen LogP contribution >= 0.6 is 0 Å². The van der Waals surface area contributed by atoms with E-state index in [-0.39, 0.29) is 0 Å². The van der Waals surface area contributed by atoms with Gasteiger partial charge in [0.1, 0.15) is 11.3 Å². The van der Waals surface area contributed by atoms with Crippen molar-refractivity contribution in [3.63, 3.8) is 0 Å². The standard InChI is InChI=1S/C20H22N2O3/c1-23-17-7-6-15(16-5-4-10-22-19(16)17)14-11-13(8-9-21)20(25-3)18(12-14)24-2/h4-7,10-12H,8-9,21H2,1-3H3. The Hall–Kier alpha value is -2.79. The van der Waals surface area contributed by atoms with E-state index in [1.165, 1.54) is 0 Å². The summed E-state index contributed by atoms with van der Waals surface area (Å²) in [4.78, 5) is 4.47. The summed E-state index contributed by atoms with van der Waals surface area (Å²) in [6, 6.07) is 12.0. The normalized spacial score (nSPS) is 10.7. The van der Waals surface area contributed by atoms with Gasteiger partial charge in [-0.2, -0.15) is 0 Å². The summed E-state index contributed by atoms with van der Waals surface area (Å²) in [5.41, 5.74) is 9.71. The van der Waals surface area contributed by atoms with E-state index < -0.39 is 0 Å². The number of benzene rings is 2. The van der Waals surface area contributed by atoms with Crippen molar-refractivity contribution in [3.8, 4) is 28.4 Å². The molecule has 3 aromatic rings. The number of hydrogen-bond donors (Lipinski definition) is 1. The minimum absolute atomic E-state index is 0.536. The molecule has 0 bridgehead atoms. The summed E-state index contributed by atoms with van der Waals surface area (Å²) in [5, 5.41) is 1.02. The Morgan fingerprint density at radius 2 is 1.76 bits per heavy atom. The molecular formula is C20H22N2O3. The molecule has 5 heteroatoms. The van der Waals surface area contributed by atoms with Gasteiger partial charge in [0.25, 0.3) is 0 Å². The molecule has 0 unspecified atom stereocenters. The fraction of sp³-hybridized carbons (Fsp3) is 0.250. The first kappa shape index (κ1) is 17.0. The van der Waals surface area contributed by atoms with Gasteiger partial charge < -0.3 is 19.9 Å². The molecule has 0 aliphatic carbocycles. The van der Waals surface area contributed by atoms with Gasteiger partial charge >= 0.3 is 0 Å². The van der Waals surface area contributed by atoms with Crippen LogP contribution in [-0.2, 0) is 6.42 Å². The Labute approximate surface area is 147 Å². The molecule has 0 saturated heterocycles. The third-order valence-corrected chi connectivity index (χ3v) is 4.23. The van der Waals surface area contributed by atoms with Crippen LogP contribution in [0.15, 0.2) is 42.6 Å². The second-order valence-electron chi connectivity index (χ2n) is 5.62. The largest absolute Gasteiger partial charge is 0.494 e. The van der Waals surface area contributed by atoms with Crippen LogP contribution in [-0.4, -0.2) is 32.9 Å². The number of methoxy groups -OCH3 is 3. The average Bonchev–Trinajstić information content (AvgIpc) is 2.66. The van der Waals surface area contributed by atoms with Gasteiger partial charge in [0.05, 0.1) is 21.3 Å². The highest BCUT2D eigenvalue weighted by molar-refractivity contribution is 5.98. The Balaban J connectivity index is 2.26. The predicted molar refractivity (Wildman–Crippen MR) is 99.6 cm³/mol. The smallest absolute Gasteiger partial charge is 0.163 e. The highest BCUT2D eigenvalue weighted by atomic mass is 16.5.